The molecule has 0 radical (unpaired) electrons. The molecular formula is C20H18O4. The minimum Gasteiger partial charge on any atom is -0.507 e. The highest BCUT2D eigenvalue weighted by atomic mass is 16.3. The molecule has 24 heavy (non-hydrogen) atoms. The number of aryl methyl sites for hydroxylation is 1. The molecule has 0 spiro atoms. The van der Waals surface area contributed by atoms with Gasteiger partial charge in [0.2, 0.25) is 0 Å². The van der Waals surface area contributed by atoms with Gasteiger partial charge in [0.05, 0.1) is 0 Å². The van der Waals surface area contributed by atoms with Crippen molar-refractivity contribution in [2.75, 3.05) is 0 Å². The maximum Gasteiger partial charge on any atom is 0.157 e. The van der Waals surface area contributed by atoms with Gasteiger partial charge >= 0.3 is 0 Å². The van der Waals surface area contributed by atoms with Gasteiger partial charge < -0.3 is 15.3 Å². The Hall–Kier alpha value is -3.27. The fourth-order valence-corrected chi connectivity index (χ4v) is 2.16. The lowest BCUT2D eigenvalue weighted by molar-refractivity contribution is -0.104. The average Bonchev–Trinajstić information content (AvgIpc) is 2.60. The maximum absolute atomic E-state index is 9.93. The minimum atomic E-state index is -0.192. The van der Waals surface area contributed by atoms with Crippen LogP contribution < -0.4 is 0 Å². The van der Waals surface area contributed by atoms with E-state index in [9.17, 15) is 9.90 Å². The molecule has 0 aliphatic rings. The summed E-state index contributed by atoms with van der Waals surface area (Å²) in [7, 11) is 0. The van der Waals surface area contributed by atoms with E-state index in [1.165, 1.54) is 24.3 Å². The van der Waals surface area contributed by atoms with E-state index in [0.717, 1.165) is 16.3 Å². The Kier molecular flexibility index (Phi) is 5.58. The first-order valence-corrected chi connectivity index (χ1v) is 7.34. The zero-order chi connectivity index (χ0) is 17.5. The summed E-state index contributed by atoms with van der Waals surface area (Å²) < 4.78 is 0. The molecule has 0 unspecified atom stereocenters. The second-order valence-corrected chi connectivity index (χ2v) is 5.20. The molecule has 0 bridgehead atoms. The third-order valence-electron chi connectivity index (χ3n) is 3.47. The van der Waals surface area contributed by atoms with Crippen LogP contribution in [0, 0.1) is 6.92 Å². The van der Waals surface area contributed by atoms with Crippen LogP contribution in [-0.4, -0.2) is 21.6 Å². The molecule has 122 valence electrons. The molecule has 3 aromatic carbocycles. The van der Waals surface area contributed by atoms with Crippen LogP contribution in [0.4, 0.5) is 0 Å². The number of hydrogen-bond donors (Lipinski definition) is 3. The van der Waals surface area contributed by atoms with E-state index in [4.69, 9.17) is 10.2 Å². The lowest BCUT2D eigenvalue weighted by Crippen LogP contribution is -1.77. The van der Waals surface area contributed by atoms with Crippen LogP contribution in [-0.2, 0) is 4.79 Å². The monoisotopic (exact) mass is 322 g/mol. The summed E-state index contributed by atoms with van der Waals surface area (Å²) in [5, 5.41) is 29.6. The van der Waals surface area contributed by atoms with E-state index in [1.54, 1.807) is 6.07 Å². The number of carbonyl (C=O) groups is 1. The molecule has 3 N–H and O–H groups in total. The Morgan fingerprint density at radius 1 is 0.875 bits per heavy atom. The van der Waals surface area contributed by atoms with Gasteiger partial charge in [0, 0.05) is 5.39 Å². The van der Waals surface area contributed by atoms with Crippen molar-refractivity contribution in [3.8, 4) is 17.2 Å². The topological polar surface area (TPSA) is 77.8 Å². The van der Waals surface area contributed by atoms with Crippen molar-refractivity contribution in [3.63, 3.8) is 0 Å². The first-order chi connectivity index (χ1) is 11.5. The van der Waals surface area contributed by atoms with Crippen molar-refractivity contribution in [1.82, 2.24) is 0 Å². The summed E-state index contributed by atoms with van der Waals surface area (Å²) in [5.41, 5.74) is 1.59. The van der Waals surface area contributed by atoms with E-state index in [-0.39, 0.29) is 11.5 Å². The highest BCUT2D eigenvalue weighted by Crippen LogP contribution is 2.27. The Morgan fingerprint density at radius 2 is 1.62 bits per heavy atom. The van der Waals surface area contributed by atoms with Crippen molar-refractivity contribution >= 4 is 23.1 Å². The van der Waals surface area contributed by atoms with E-state index in [1.807, 2.05) is 43.3 Å². The third-order valence-corrected chi connectivity index (χ3v) is 3.47. The normalized spacial score (nSPS) is 10.4. The highest BCUT2D eigenvalue weighted by molar-refractivity contribution is 5.89. The van der Waals surface area contributed by atoms with Gasteiger partial charge in [-0.25, -0.2) is 0 Å². The number of allylic oxidation sites excluding steroid dienone is 1. The van der Waals surface area contributed by atoms with Crippen LogP contribution >= 0.6 is 0 Å². The van der Waals surface area contributed by atoms with Gasteiger partial charge in [-0.05, 0) is 41.6 Å². The fourth-order valence-electron chi connectivity index (χ4n) is 2.16. The Balaban J connectivity index is 0.000000174. The van der Waals surface area contributed by atoms with Crippen LogP contribution in [0.2, 0.25) is 0 Å². The van der Waals surface area contributed by atoms with Gasteiger partial charge in [-0.3, -0.25) is 4.79 Å². The molecule has 0 atom stereocenters. The molecule has 0 aromatic heterocycles. The summed E-state index contributed by atoms with van der Waals surface area (Å²) in [6.07, 6.45) is 3.49. The smallest absolute Gasteiger partial charge is 0.157 e. The molecule has 0 amide bonds. The van der Waals surface area contributed by atoms with Crippen molar-refractivity contribution in [1.29, 1.82) is 0 Å². The Bertz CT molecular complexity index is 882. The number of hydrogen-bond acceptors (Lipinski definition) is 4. The molecule has 4 nitrogen and oxygen atoms in total. The lowest BCUT2D eigenvalue weighted by atomic mass is 10.1. The number of aldehydes is 1. The summed E-state index contributed by atoms with van der Waals surface area (Å²) in [5.74, 6) is 0.0365. The second kappa shape index (κ2) is 7.83. The number of fused-ring (bicyclic) bond motifs is 1. The molecule has 0 fully saturated rings. The predicted octanol–water partition coefficient (Wildman–Crippen LogP) is 4.16. The number of benzene rings is 3. The Labute approximate surface area is 139 Å². The SMILES string of the molecule is Cc1ccc2ccccc2c1O.O=C/C=C/c1ccc(O)c(O)c1. The fraction of sp³-hybridized carbons (Fsp3) is 0.0500. The van der Waals surface area contributed by atoms with Gasteiger partial charge in [-0.2, -0.15) is 0 Å². The first-order valence-electron chi connectivity index (χ1n) is 7.34. The number of rotatable bonds is 2. The van der Waals surface area contributed by atoms with Gasteiger partial charge in [-0.15, -0.1) is 0 Å². The van der Waals surface area contributed by atoms with Crippen molar-refractivity contribution in [3.05, 3.63) is 71.8 Å². The van der Waals surface area contributed by atoms with Gasteiger partial charge in [0.25, 0.3) is 0 Å². The van der Waals surface area contributed by atoms with E-state index >= 15 is 0 Å². The van der Waals surface area contributed by atoms with E-state index in [0.29, 0.717) is 17.6 Å². The van der Waals surface area contributed by atoms with Gasteiger partial charge in [0.15, 0.2) is 11.5 Å². The highest BCUT2D eigenvalue weighted by Gasteiger charge is 2.00. The van der Waals surface area contributed by atoms with E-state index < -0.39 is 0 Å². The summed E-state index contributed by atoms with van der Waals surface area (Å²) >= 11 is 0. The van der Waals surface area contributed by atoms with Crippen molar-refractivity contribution < 1.29 is 20.1 Å². The van der Waals surface area contributed by atoms with Crippen LogP contribution in [0.1, 0.15) is 11.1 Å². The molecular weight excluding hydrogens is 304 g/mol. The first kappa shape index (κ1) is 17.1. The molecule has 0 heterocycles. The van der Waals surface area contributed by atoms with Crippen LogP contribution in [0.25, 0.3) is 16.8 Å². The maximum atomic E-state index is 9.93. The molecule has 0 aliphatic carbocycles. The molecule has 0 saturated carbocycles. The van der Waals surface area contributed by atoms with Gasteiger partial charge in [0.1, 0.15) is 12.0 Å². The van der Waals surface area contributed by atoms with Crippen molar-refractivity contribution in [2.45, 2.75) is 6.92 Å². The standard InChI is InChI=1S/C11H10O.C9H8O3/c1-8-6-7-9-4-2-3-5-10(9)11(8)12;10-5-1-2-7-3-4-8(11)9(12)6-7/h2-7,12H,1H3;1-6,11-12H/b;2-1+. The number of phenolic OH excluding ortho intramolecular Hbond substituents is 3. The zero-order valence-electron chi connectivity index (χ0n) is 13.2. The zero-order valence-corrected chi connectivity index (χ0v) is 13.2. The van der Waals surface area contributed by atoms with Crippen LogP contribution in [0.5, 0.6) is 17.2 Å². The number of carbonyl (C=O) groups excluding carboxylic acids is 1. The predicted molar refractivity (Wildman–Crippen MR) is 95.2 cm³/mol. The minimum absolute atomic E-state index is 0.168. The number of phenols is 3. The van der Waals surface area contributed by atoms with Crippen molar-refractivity contribution in [2.24, 2.45) is 0 Å². The molecule has 0 saturated heterocycles. The van der Waals surface area contributed by atoms with Gasteiger partial charge in [-0.1, -0.05) is 48.5 Å². The average molecular weight is 322 g/mol. The Morgan fingerprint density at radius 3 is 2.33 bits per heavy atom. The van der Waals surface area contributed by atoms with E-state index in [2.05, 4.69) is 0 Å². The third kappa shape index (κ3) is 4.14. The molecule has 3 rings (SSSR count). The van der Waals surface area contributed by atoms with Crippen LogP contribution in [0.15, 0.2) is 60.7 Å². The quantitative estimate of drug-likeness (QED) is 0.376. The summed E-state index contributed by atoms with van der Waals surface area (Å²) in [6, 6.07) is 16.1. The molecule has 0 aliphatic heterocycles. The summed E-state index contributed by atoms with van der Waals surface area (Å²) in [4.78, 5) is 9.93. The lowest BCUT2D eigenvalue weighted by Gasteiger charge is -2.02. The number of aromatic hydroxyl groups is 3. The second-order valence-electron chi connectivity index (χ2n) is 5.20. The summed E-state index contributed by atoms with van der Waals surface area (Å²) in [6.45, 7) is 1.90. The van der Waals surface area contributed by atoms with Crippen LogP contribution in [0.3, 0.4) is 0 Å². The largest absolute Gasteiger partial charge is 0.507 e. The molecule has 3 aromatic rings. The molecule has 4 heteroatoms.